The van der Waals surface area contributed by atoms with Crippen LogP contribution in [0.1, 0.15) is 15.9 Å². The van der Waals surface area contributed by atoms with Crippen molar-refractivity contribution in [1.29, 1.82) is 0 Å². The Morgan fingerprint density at radius 3 is 3.05 bits per heavy atom. The summed E-state index contributed by atoms with van der Waals surface area (Å²) >= 11 is 0. The summed E-state index contributed by atoms with van der Waals surface area (Å²) in [7, 11) is 1.34. The standard InChI is InChI=1S/C16H13N3O3/c1-21-16(20)10-8-13-15(18-9-10)19-7-6-17-14(19)11-4-2-3-5-12(11)22-13/h2-5,8-9H,6-7H2,1H3. The van der Waals surface area contributed by atoms with Crippen LogP contribution in [0.2, 0.25) is 0 Å². The van der Waals surface area contributed by atoms with Gasteiger partial charge in [-0.3, -0.25) is 4.99 Å². The third kappa shape index (κ3) is 1.84. The van der Waals surface area contributed by atoms with Gasteiger partial charge in [-0.15, -0.1) is 0 Å². The second-order valence-corrected chi connectivity index (χ2v) is 4.99. The average molecular weight is 295 g/mol. The van der Waals surface area contributed by atoms with E-state index >= 15 is 0 Å². The van der Waals surface area contributed by atoms with Gasteiger partial charge >= 0.3 is 5.97 Å². The lowest BCUT2D eigenvalue weighted by Crippen LogP contribution is -2.28. The maximum absolute atomic E-state index is 11.7. The number of fused-ring (bicyclic) bond motifs is 5. The SMILES string of the molecule is COC(=O)c1cnc2c(c1)Oc1ccccc1C1=NCCN12. The van der Waals surface area contributed by atoms with Gasteiger partial charge in [-0.05, 0) is 12.1 Å². The van der Waals surface area contributed by atoms with Crippen LogP contribution in [0.5, 0.6) is 11.5 Å². The topological polar surface area (TPSA) is 64.0 Å². The monoisotopic (exact) mass is 295 g/mol. The van der Waals surface area contributed by atoms with E-state index in [4.69, 9.17) is 9.47 Å². The van der Waals surface area contributed by atoms with Crippen molar-refractivity contribution in [2.24, 2.45) is 4.99 Å². The lowest BCUT2D eigenvalue weighted by Gasteiger charge is -2.18. The van der Waals surface area contributed by atoms with Crippen molar-refractivity contribution in [3.05, 3.63) is 47.7 Å². The predicted octanol–water partition coefficient (Wildman–Crippen LogP) is 2.24. The normalized spacial score (nSPS) is 15.0. The fraction of sp³-hybridized carbons (Fsp3) is 0.188. The van der Waals surface area contributed by atoms with Crippen molar-refractivity contribution >= 4 is 17.6 Å². The van der Waals surface area contributed by atoms with Crippen LogP contribution in [0.15, 0.2) is 41.5 Å². The number of esters is 1. The van der Waals surface area contributed by atoms with E-state index in [1.165, 1.54) is 13.3 Å². The van der Waals surface area contributed by atoms with Gasteiger partial charge in [-0.1, -0.05) is 12.1 Å². The van der Waals surface area contributed by atoms with Crippen molar-refractivity contribution in [3.63, 3.8) is 0 Å². The van der Waals surface area contributed by atoms with Gasteiger partial charge in [0.05, 0.1) is 24.8 Å². The molecule has 2 aliphatic heterocycles. The minimum Gasteiger partial charge on any atom is -0.465 e. The van der Waals surface area contributed by atoms with Crippen LogP contribution < -0.4 is 9.64 Å². The molecule has 110 valence electrons. The number of carbonyl (C=O) groups is 1. The van der Waals surface area contributed by atoms with Crippen molar-refractivity contribution in [3.8, 4) is 11.5 Å². The number of pyridine rings is 1. The summed E-state index contributed by atoms with van der Waals surface area (Å²) in [6.45, 7) is 1.45. The second-order valence-electron chi connectivity index (χ2n) is 4.99. The summed E-state index contributed by atoms with van der Waals surface area (Å²) in [6, 6.07) is 9.37. The second kappa shape index (κ2) is 4.84. The summed E-state index contributed by atoms with van der Waals surface area (Å²) in [4.78, 5) is 22.7. The van der Waals surface area contributed by atoms with E-state index in [0.717, 1.165) is 17.9 Å². The molecule has 2 aromatic rings. The molecule has 0 amide bonds. The number of aliphatic imine (C=N–C) groups is 1. The molecule has 0 fully saturated rings. The molecule has 6 heteroatoms. The minimum atomic E-state index is -0.438. The maximum Gasteiger partial charge on any atom is 0.339 e. The first kappa shape index (κ1) is 12.8. The lowest BCUT2D eigenvalue weighted by atomic mass is 10.2. The largest absolute Gasteiger partial charge is 0.465 e. The Kier molecular flexibility index (Phi) is 2.82. The van der Waals surface area contributed by atoms with Gasteiger partial charge in [0.2, 0.25) is 0 Å². The van der Waals surface area contributed by atoms with E-state index < -0.39 is 5.97 Å². The van der Waals surface area contributed by atoms with Crippen LogP contribution in [-0.2, 0) is 4.74 Å². The highest BCUT2D eigenvalue weighted by Gasteiger charge is 2.30. The first-order valence-electron chi connectivity index (χ1n) is 6.95. The molecular weight excluding hydrogens is 282 g/mol. The number of ether oxygens (including phenoxy) is 2. The third-order valence-electron chi connectivity index (χ3n) is 3.70. The number of rotatable bonds is 1. The van der Waals surface area contributed by atoms with Gasteiger partial charge < -0.3 is 14.4 Å². The number of nitrogens with zero attached hydrogens (tertiary/aromatic N) is 3. The van der Waals surface area contributed by atoms with Crippen LogP contribution in [-0.4, -0.2) is 37.0 Å². The van der Waals surface area contributed by atoms with E-state index in [9.17, 15) is 4.79 Å². The number of para-hydroxylation sites is 1. The van der Waals surface area contributed by atoms with E-state index in [0.29, 0.717) is 29.4 Å². The number of amidine groups is 1. The van der Waals surface area contributed by atoms with Crippen molar-refractivity contribution < 1.29 is 14.3 Å². The van der Waals surface area contributed by atoms with E-state index in [-0.39, 0.29) is 0 Å². The molecule has 0 spiro atoms. The van der Waals surface area contributed by atoms with E-state index in [2.05, 4.69) is 9.98 Å². The Morgan fingerprint density at radius 1 is 1.32 bits per heavy atom. The Morgan fingerprint density at radius 2 is 2.18 bits per heavy atom. The third-order valence-corrected chi connectivity index (χ3v) is 3.70. The highest BCUT2D eigenvalue weighted by Crippen LogP contribution is 2.39. The van der Waals surface area contributed by atoms with Crippen LogP contribution in [0, 0.1) is 0 Å². The summed E-state index contributed by atoms with van der Waals surface area (Å²) in [5, 5.41) is 0. The summed E-state index contributed by atoms with van der Waals surface area (Å²) in [5.41, 5.74) is 1.29. The molecule has 6 nitrogen and oxygen atoms in total. The molecule has 0 atom stereocenters. The zero-order valence-electron chi connectivity index (χ0n) is 11.9. The molecule has 0 aliphatic carbocycles. The molecule has 1 aromatic heterocycles. The maximum atomic E-state index is 11.7. The lowest BCUT2D eigenvalue weighted by molar-refractivity contribution is 0.0600. The summed E-state index contributed by atoms with van der Waals surface area (Å²) < 4.78 is 10.7. The van der Waals surface area contributed by atoms with Gasteiger partial charge in [-0.2, -0.15) is 0 Å². The van der Waals surface area contributed by atoms with Crippen molar-refractivity contribution in [2.75, 3.05) is 25.1 Å². The first-order chi connectivity index (χ1) is 10.8. The Balaban J connectivity index is 1.90. The number of carbonyl (C=O) groups excluding carboxylic acids is 1. The molecular formula is C16H13N3O3. The number of benzene rings is 1. The Labute approximate surface area is 127 Å². The number of hydrogen-bond donors (Lipinski definition) is 0. The molecule has 0 unspecified atom stereocenters. The molecule has 0 N–H and O–H groups in total. The predicted molar refractivity (Wildman–Crippen MR) is 80.8 cm³/mol. The zero-order valence-corrected chi connectivity index (χ0v) is 11.9. The Bertz CT molecular complexity index is 801. The van der Waals surface area contributed by atoms with Gasteiger partial charge in [0.1, 0.15) is 11.6 Å². The van der Waals surface area contributed by atoms with Gasteiger partial charge in [-0.25, -0.2) is 9.78 Å². The van der Waals surface area contributed by atoms with Gasteiger partial charge in [0.25, 0.3) is 0 Å². The summed E-state index contributed by atoms with van der Waals surface area (Å²) in [6.07, 6.45) is 1.50. The number of aromatic nitrogens is 1. The zero-order chi connectivity index (χ0) is 15.1. The Hall–Kier alpha value is -2.89. The quantitative estimate of drug-likeness (QED) is 0.755. The summed E-state index contributed by atoms with van der Waals surface area (Å²) in [5.74, 6) is 2.32. The fourth-order valence-corrected chi connectivity index (χ4v) is 2.69. The number of anilines is 1. The highest BCUT2D eigenvalue weighted by molar-refractivity contribution is 6.13. The number of hydrogen-bond acceptors (Lipinski definition) is 6. The smallest absolute Gasteiger partial charge is 0.339 e. The van der Waals surface area contributed by atoms with Crippen LogP contribution >= 0.6 is 0 Å². The van der Waals surface area contributed by atoms with Gasteiger partial charge in [0, 0.05) is 18.8 Å². The molecule has 0 bridgehead atoms. The molecule has 0 radical (unpaired) electrons. The number of methoxy groups -OCH3 is 1. The molecule has 0 saturated heterocycles. The molecule has 22 heavy (non-hydrogen) atoms. The molecule has 3 heterocycles. The minimum absolute atomic E-state index is 0.360. The van der Waals surface area contributed by atoms with Crippen LogP contribution in [0.25, 0.3) is 0 Å². The average Bonchev–Trinajstić information content (AvgIpc) is 2.99. The molecule has 2 aliphatic rings. The molecule has 0 saturated carbocycles. The molecule has 1 aromatic carbocycles. The van der Waals surface area contributed by atoms with Gasteiger partial charge in [0.15, 0.2) is 11.6 Å². The van der Waals surface area contributed by atoms with Crippen molar-refractivity contribution in [2.45, 2.75) is 0 Å². The van der Waals surface area contributed by atoms with Crippen LogP contribution in [0.4, 0.5) is 5.82 Å². The molecule has 4 rings (SSSR count). The fourth-order valence-electron chi connectivity index (χ4n) is 2.69. The van der Waals surface area contributed by atoms with E-state index in [1.807, 2.05) is 29.2 Å². The highest BCUT2D eigenvalue weighted by atomic mass is 16.5. The van der Waals surface area contributed by atoms with Crippen LogP contribution in [0.3, 0.4) is 0 Å². The van der Waals surface area contributed by atoms with Crippen molar-refractivity contribution in [1.82, 2.24) is 4.98 Å². The first-order valence-corrected chi connectivity index (χ1v) is 6.95. The van der Waals surface area contributed by atoms with E-state index in [1.54, 1.807) is 6.07 Å².